The van der Waals surface area contributed by atoms with E-state index in [1.165, 1.54) is 0 Å². The van der Waals surface area contributed by atoms with Crippen molar-refractivity contribution in [1.29, 1.82) is 0 Å². The van der Waals surface area contributed by atoms with E-state index in [0.29, 0.717) is 22.0 Å². The van der Waals surface area contributed by atoms with Crippen molar-refractivity contribution >= 4 is 46.7 Å². The number of hydrogen-bond donors (Lipinski definition) is 2. The second-order valence-electron chi connectivity index (χ2n) is 6.47. The Morgan fingerprint density at radius 3 is 2.72 bits per heavy atom. The van der Waals surface area contributed by atoms with E-state index in [9.17, 15) is 14.4 Å². The summed E-state index contributed by atoms with van der Waals surface area (Å²) in [5.41, 5.74) is 2.78. The SMILES string of the molecule is CC1=CC=C(CNC(=O)c2c(C=O)cccc2NC(=O)c2ccc(Cl)s2)CC=C1. The largest absolute Gasteiger partial charge is 0.348 e. The Balaban J connectivity index is 1.80. The fourth-order valence-corrected chi connectivity index (χ4v) is 3.77. The van der Waals surface area contributed by atoms with E-state index in [1.54, 1.807) is 30.3 Å². The smallest absolute Gasteiger partial charge is 0.265 e. The first-order chi connectivity index (χ1) is 14.0. The fraction of sp³-hybridized carbons (Fsp3) is 0.136. The molecule has 5 nitrogen and oxygen atoms in total. The van der Waals surface area contributed by atoms with Gasteiger partial charge in [-0.15, -0.1) is 11.3 Å². The maximum Gasteiger partial charge on any atom is 0.265 e. The van der Waals surface area contributed by atoms with Crippen LogP contribution in [0.2, 0.25) is 4.34 Å². The molecule has 2 amide bonds. The van der Waals surface area contributed by atoms with Crippen molar-refractivity contribution in [3.8, 4) is 0 Å². The summed E-state index contributed by atoms with van der Waals surface area (Å²) in [6, 6.07) is 7.98. The summed E-state index contributed by atoms with van der Waals surface area (Å²) in [5, 5.41) is 5.55. The maximum absolute atomic E-state index is 12.9. The van der Waals surface area contributed by atoms with Gasteiger partial charge < -0.3 is 10.6 Å². The quantitative estimate of drug-likeness (QED) is 0.636. The molecule has 29 heavy (non-hydrogen) atoms. The van der Waals surface area contributed by atoms with Crippen molar-refractivity contribution < 1.29 is 14.4 Å². The van der Waals surface area contributed by atoms with Crippen LogP contribution < -0.4 is 10.6 Å². The monoisotopic (exact) mass is 426 g/mol. The van der Waals surface area contributed by atoms with E-state index in [0.717, 1.165) is 28.9 Å². The molecule has 0 bridgehead atoms. The molecule has 1 heterocycles. The number of halogens is 1. The van der Waals surface area contributed by atoms with Gasteiger partial charge in [0, 0.05) is 12.1 Å². The second kappa shape index (κ2) is 9.49. The minimum Gasteiger partial charge on any atom is -0.348 e. The molecule has 0 aliphatic heterocycles. The molecule has 2 N–H and O–H groups in total. The fourth-order valence-electron chi connectivity index (χ4n) is 2.83. The first kappa shape index (κ1) is 20.8. The number of benzene rings is 1. The van der Waals surface area contributed by atoms with Crippen molar-refractivity contribution in [1.82, 2.24) is 5.32 Å². The number of rotatable bonds is 6. The van der Waals surface area contributed by atoms with E-state index in [4.69, 9.17) is 11.6 Å². The number of carbonyl (C=O) groups is 3. The van der Waals surface area contributed by atoms with Crippen LogP contribution in [0.3, 0.4) is 0 Å². The van der Waals surface area contributed by atoms with Crippen LogP contribution in [0.5, 0.6) is 0 Å². The van der Waals surface area contributed by atoms with E-state index in [-0.39, 0.29) is 16.8 Å². The second-order valence-corrected chi connectivity index (χ2v) is 8.19. The van der Waals surface area contributed by atoms with E-state index >= 15 is 0 Å². The lowest BCUT2D eigenvalue weighted by Gasteiger charge is -2.13. The lowest BCUT2D eigenvalue weighted by Crippen LogP contribution is -2.28. The van der Waals surface area contributed by atoms with Crippen LogP contribution in [-0.2, 0) is 0 Å². The Labute approximate surface area is 177 Å². The van der Waals surface area contributed by atoms with Gasteiger partial charge in [0.15, 0.2) is 6.29 Å². The molecule has 0 unspecified atom stereocenters. The topological polar surface area (TPSA) is 75.3 Å². The highest BCUT2D eigenvalue weighted by atomic mass is 35.5. The highest BCUT2D eigenvalue weighted by molar-refractivity contribution is 7.18. The number of aldehydes is 1. The average molecular weight is 427 g/mol. The first-order valence-corrected chi connectivity index (χ1v) is 10.1. The normalized spacial score (nSPS) is 13.2. The van der Waals surface area contributed by atoms with Crippen LogP contribution in [0.4, 0.5) is 5.69 Å². The number of hydrogen-bond acceptors (Lipinski definition) is 4. The predicted molar refractivity (Wildman–Crippen MR) is 117 cm³/mol. The molecule has 1 aromatic heterocycles. The van der Waals surface area contributed by atoms with Gasteiger partial charge in [-0.3, -0.25) is 14.4 Å². The summed E-state index contributed by atoms with van der Waals surface area (Å²) in [6.07, 6.45) is 9.36. The third kappa shape index (κ3) is 5.31. The zero-order valence-corrected chi connectivity index (χ0v) is 17.3. The summed E-state index contributed by atoms with van der Waals surface area (Å²) in [4.78, 5) is 37.2. The number of anilines is 1. The van der Waals surface area contributed by atoms with Crippen LogP contribution in [0.15, 0.2) is 65.8 Å². The van der Waals surface area contributed by atoms with Gasteiger partial charge in [-0.2, -0.15) is 0 Å². The van der Waals surface area contributed by atoms with Gasteiger partial charge in [0.05, 0.1) is 20.5 Å². The van der Waals surface area contributed by atoms with Crippen LogP contribution >= 0.6 is 22.9 Å². The Morgan fingerprint density at radius 2 is 2.00 bits per heavy atom. The predicted octanol–water partition coefficient (Wildman–Crippen LogP) is 5.03. The standard InChI is InChI=1S/C22H19ClN2O3S/c1-14-4-2-5-15(9-8-14)12-24-22(28)20-16(13-26)6-3-7-17(20)25-21(27)18-10-11-19(23)29-18/h2-4,6-11,13H,5,12H2,1H3,(H,24,28)(H,25,27). The Bertz CT molecular complexity index is 1050. The summed E-state index contributed by atoms with van der Waals surface area (Å²) in [7, 11) is 0. The molecule has 148 valence electrons. The van der Waals surface area contributed by atoms with E-state index < -0.39 is 11.8 Å². The molecule has 0 radical (unpaired) electrons. The summed E-state index contributed by atoms with van der Waals surface area (Å²) < 4.78 is 0.491. The number of allylic oxidation sites excluding steroid dienone is 5. The van der Waals surface area contributed by atoms with Gasteiger partial charge >= 0.3 is 0 Å². The van der Waals surface area contributed by atoms with Crippen LogP contribution in [-0.4, -0.2) is 24.6 Å². The summed E-state index contributed by atoms with van der Waals surface area (Å²) in [6.45, 7) is 2.35. The molecule has 0 spiro atoms. The summed E-state index contributed by atoms with van der Waals surface area (Å²) in [5.74, 6) is -0.821. The molecule has 0 saturated heterocycles. The zero-order chi connectivity index (χ0) is 20.8. The average Bonchev–Trinajstić information content (AvgIpc) is 3.04. The van der Waals surface area contributed by atoms with Gasteiger partial charge in [0.25, 0.3) is 11.8 Å². The van der Waals surface area contributed by atoms with Crippen LogP contribution in [0.1, 0.15) is 43.7 Å². The molecule has 1 aliphatic carbocycles. The molecule has 1 aliphatic rings. The molecule has 2 aromatic rings. The third-order valence-electron chi connectivity index (χ3n) is 4.31. The summed E-state index contributed by atoms with van der Waals surface area (Å²) >= 11 is 7.02. The van der Waals surface area contributed by atoms with Gasteiger partial charge in [0.2, 0.25) is 0 Å². The number of thiophene rings is 1. The lowest BCUT2D eigenvalue weighted by molar-refractivity contribution is 0.0952. The van der Waals surface area contributed by atoms with Crippen LogP contribution in [0, 0.1) is 0 Å². The molecule has 0 fully saturated rings. The van der Waals surface area contributed by atoms with Crippen molar-refractivity contribution in [2.75, 3.05) is 11.9 Å². The maximum atomic E-state index is 12.9. The molecule has 0 atom stereocenters. The minimum absolute atomic E-state index is 0.134. The first-order valence-electron chi connectivity index (χ1n) is 8.94. The number of amides is 2. The zero-order valence-electron chi connectivity index (χ0n) is 15.7. The van der Waals surface area contributed by atoms with Gasteiger partial charge in [0.1, 0.15) is 0 Å². The van der Waals surface area contributed by atoms with E-state index in [2.05, 4.69) is 10.6 Å². The molecule has 3 rings (SSSR count). The Kier molecular flexibility index (Phi) is 6.80. The Hall–Kier alpha value is -2.96. The highest BCUT2D eigenvalue weighted by Gasteiger charge is 2.19. The van der Waals surface area contributed by atoms with Gasteiger partial charge in [-0.1, -0.05) is 53.6 Å². The number of nitrogens with one attached hydrogen (secondary N) is 2. The molecular formula is C22H19ClN2O3S. The third-order valence-corrected chi connectivity index (χ3v) is 5.54. The van der Waals surface area contributed by atoms with Gasteiger partial charge in [-0.25, -0.2) is 0 Å². The van der Waals surface area contributed by atoms with Crippen molar-refractivity contribution in [3.63, 3.8) is 0 Å². The molecule has 7 heteroatoms. The van der Waals surface area contributed by atoms with Gasteiger partial charge in [-0.05, 0) is 37.1 Å². The van der Waals surface area contributed by atoms with Crippen molar-refractivity contribution in [2.45, 2.75) is 13.3 Å². The van der Waals surface area contributed by atoms with Crippen molar-refractivity contribution in [3.05, 3.63) is 86.1 Å². The molecule has 0 saturated carbocycles. The number of carbonyl (C=O) groups excluding carboxylic acids is 3. The van der Waals surface area contributed by atoms with Crippen molar-refractivity contribution in [2.24, 2.45) is 0 Å². The Morgan fingerprint density at radius 1 is 1.17 bits per heavy atom. The van der Waals surface area contributed by atoms with E-state index in [1.807, 2.05) is 31.2 Å². The molecule has 1 aromatic carbocycles. The lowest BCUT2D eigenvalue weighted by atomic mass is 10.0. The highest BCUT2D eigenvalue weighted by Crippen LogP contribution is 2.24. The molecular weight excluding hydrogens is 408 g/mol. The van der Waals surface area contributed by atoms with Crippen LogP contribution in [0.25, 0.3) is 0 Å². The minimum atomic E-state index is -0.429.